The fraction of sp³-hybridized carbons (Fsp3) is 0.600. The summed E-state index contributed by atoms with van der Waals surface area (Å²) < 4.78 is 0. The van der Waals surface area contributed by atoms with Gasteiger partial charge in [0.2, 0.25) is 0 Å². The largest absolute Gasteiger partial charge is 0.327 e. The Hall–Kier alpha value is 0.01000. The first-order chi connectivity index (χ1) is 6.26. The lowest BCUT2D eigenvalue weighted by Gasteiger charge is -2.07. The van der Waals surface area contributed by atoms with E-state index in [1.165, 1.54) is 9.75 Å². The Morgan fingerprint density at radius 2 is 2.15 bits per heavy atom. The average Bonchev–Trinajstić information content (AvgIpc) is 2.52. The van der Waals surface area contributed by atoms with Gasteiger partial charge in [-0.3, -0.25) is 0 Å². The Balaban J connectivity index is 2.44. The molecule has 0 radical (unpaired) electrons. The van der Waals surface area contributed by atoms with Gasteiger partial charge < -0.3 is 5.73 Å². The highest BCUT2D eigenvalue weighted by atomic mass is 32.2. The standard InChI is InChI=1S/C10H17NS2/c1-3-9-4-5-10(13-9)6-8(11)7-12-2/h4-5,8H,3,6-7,11H2,1-2H3. The maximum absolute atomic E-state index is 5.95. The predicted octanol–water partition coefficient (Wildman–Crippen LogP) is 2.54. The number of nitrogens with two attached hydrogens (primary N) is 1. The van der Waals surface area contributed by atoms with E-state index in [0.29, 0.717) is 6.04 Å². The SMILES string of the molecule is CCc1ccc(CC(N)CSC)s1. The van der Waals surface area contributed by atoms with Crippen LogP contribution in [0.25, 0.3) is 0 Å². The third-order valence-electron chi connectivity index (χ3n) is 1.91. The van der Waals surface area contributed by atoms with Gasteiger partial charge in [0.1, 0.15) is 0 Å². The van der Waals surface area contributed by atoms with E-state index < -0.39 is 0 Å². The minimum atomic E-state index is 0.318. The average molecular weight is 215 g/mol. The molecule has 0 amide bonds. The van der Waals surface area contributed by atoms with Crippen molar-refractivity contribution in [2.75, 3.05) is 12.0 Å². The number of thioether (sulfide) groups is 1. The molecule has 0 bridgehead atoms. The molecule has 1 atom stereocenters. The van der Waals surface area contributed by atoms with E-state index in [0.717, 1.165) is 18.6 Å². The van der Waals surface area contributed by atoms with Crippen LogP contribution >= 0.6 is 23.1 Å². The van der Waals surface area contributed by atoms with E-state index in [1.807, 2.05) is 23.1 Å². The van der Waals surface area contributed by atoms with Gasteiger partial charge in [-0.25, -0.2) is 0 Å². The van der Waals surface area contributed by atoms with Gasteiger partial charge in [-0.15, -0.1) is 11.3 Å². The van der Waals surface area contributed by atoms with Crippen LogP contribution in [0.5, 0.6) is 0 Å². The smallest absolute Gasteiger partial charge is 0.0178 e. The monoisotopic (exact) mass is 215 g/mol. The van der Waals surface area contributed by atoms with Crippen LogP contribution in [0.2, 0.25) is 0 Å². The fourth-order valence-corrected chi connectivity index (χ4v) is 2.85. The Morgan fingerprint density at radius 1 is 1.46 bits per heavy atom. The molecule has 1 aromatic rings. The molecule has 1 nitrogen and oxygen atoms in total. The van der Waals surface area contributed by atoms with Crippen LogP contribution in [-0.4, -0.2) is 18.1 Å². The van der Waals surface area contributed by atoms with Crippen LogP contribution in [0.1, 0.15) is 16.7 Å². The van der Waals surface area contributed by atoms with E-state index in [2.05, 4.69) is 25.3 Å². The van der Waals surface area contributed by atoms with Gasteiger partial charge in [0.05, 0.1) is 0 Å². The van der Waals surface area contributed by atoms with Crippen molar-refractivity contribution in [1.29, 1.82) is 0 Å². The van der Waals surface area contributed by atoms with Gasteiger partial charge in [0.15, 0.2) is 0 Å². The molecule has 0 aromatic carbocycles. The fourth-order valence-electron chi connectivity index (χ4n) is 1.25. The molecule has 0 saturated carbocycles. The van der Waals surface area contributed by atoms with Crippen molar-refractivity contribution in [1.82, 2.24) is 0 Å². The molecule has 0 fully saturated rings. The maximum atomic E-state index is 5.95. The third kappa shape index (κ3) is 3.71. The lowest BCUT2D eigenvalue weighted by atomic mass is 10.2. The van der Waals surface area contributed by atoms with Crippen molar-refractivity contribution < 1.29 is 0 Å². The Kier molecular flexibility index (Phi) is 4.84. The first-order valence-corrected chi connectivity index (χ1v) is 6.79. The molecule has 0 aliphatic carbocycles. The summed E-state index contributed by atoms with van der Waals surface area (Å²) in [6, 6.07) is 4.74. The van der Waals surface area contributed by atoms with Crippen molar-refractivity contribution >= 4 is 23.1 Å². The second-order valence-corrected chi connectivity index (χ2v) is 5.30. The molecule has 0 saturated heterocycles. The van der Waals surface area contributed by atoms with Crippen molar-refractivity contribution in [3.05, 3.63) is 21.9 Å². The molecular formula is C10H17NS2. The minimum Gasteiger partial charge on any atom is -0.327 e. The zero-order valence-electron chi connectivity index (χ0n) is 8.25. The zero-order valence-corrected chi connectivity index (χ0v) is 9.88. The van der Waals surface area contributed by atoms with Crippen molar-refractivity contribution in [3.63, 3.8) is 0 Å². The van der Waals surface area contributed by atoms with Crippen LogP contribution < -0.4 is 5.73 Å². The predicted molar refractivity (Wildman–Crippen MR) is 63.8 cm³/mol. The van der Waals surface area contributed by atoms with E-state index >= 15 is 0 Å². The number of hydrogen-bond acceptors (Lipinski definition) is 3. The molecule has 1 unspecified atom stereocenters. The third-order valence-corrected chi connectivity index (χ3v) is 3.92. The molecule has 1 heterocycles. The van der Waals surface area contributed by atoms with E-state index in [1.54, 1.807) is 0 Å². The molecule has 74 valence electrons. The summed E-state index contributed by atoms with van der Waals surface area (Å²) in [4.78, 5) is 2.89. The summed E-state index contributed by atoms with van der Waals surface area (Å²) in [5, 5.41) is 0. The summed E-state index contributed by atoms with van der Waals surface area (Å²) in [6.07, 6.45) is 4.28. The van der Waals surface area contributed by atoms with E-state index in [-0.39, 0.29) is 0 Å². The second-order valence-electron chi connectivity index (χ2n) is 3.14. The Morgan fingerprint density at radius 3 is 2.69 bits per heavy atom. The molecule has 1 rings (SSSR count). The van der Waals surface area contributed by atoms with Gasteiger partial charge in [-0.1, -0.05) is 6.92 Å². The molecule has 0 spiro atoms. The topological polar surface area (TPSA) is 26.0 Å². The number of rotatable bonds is 5. The van der Waals surface area contributed by atoms with Crippen molar-refractivity contribution in [2.45, 2.75) is 25.8 Å². The minimum absolute atomic E-state index is 0.318. The quantitative estimate of drug-likeness (QED) is 0.817. The number of thiophene rings is 1. The van der Waals surface area contributed by atoms with Crippen LogP contribution in [0.4, 0.5) is 0 Å². The molecule has 3 heteroatoms. The molecule has 0 aliphatic rings. The second kappa shape index (κ2) is 5.68. The summed E-state index contributed by atoms with van der Waals surface area (Å²) in [6.45, 7) is 2.19. The van der Waals surface area contributed by atoms with E-state index in [4.69, 9.17) is 5.73 Å². The highest BCUT2D eigenvalue weighted by Crippen LogP contribution is 2.18. The molecule has 13 heavy (non-hydrogen) atoms. The van der Waals surface area contributed by atoms with Crippen molar-refractivity contribution in [2.24, 2.45) is 5.73 Å². The van der Waals surface area contributed by atoms with Gasteiger partial charge in [-0.2, -0.15) is 11.8 Å². The summed E-state index contributed by atoms with van der Waals surface area (Å²) >= 11 is 3.72. The molecule has 0 aliphatic heterocycles. The van der Waals surface area contributed by atoms with E-state index in [9.17, 15) is 0 Å². The molecule has 2 N–H and O–H groups in total. The van der Waals surface area contributed by atoms with Crippen LogP contribution in [0, 0.1) is 0 Å². The number of hydrogen-bond donors (Lipinski definition) is 1. The summed E-state index contributed by atoms with van der Waals surface area (Å²) in [5.74, 6) is 1.05. The molecule has 1 aromatic heterocycles. The van der Waals surface area contributed by atoms with Gasteiger partial charge >= 0.3 is 0 Å². The van der Waals surface area contributed by atoms with Crippen LogP contribution in [0.3, 0.4) is 0 Å². The first-order valence-electron chi connectivity index (χ1n) is 4.58. The van der Waals surface area contributed by atoms with Gasteiger partial charge in [0, 0.05) is 21.5 Å². The maximum Gasteiger partial charge on any atom is 0.0178 e. The van der Waals surface area contributed by atoms with Crippen LogP contribution in [0.15, 0.2) is 12.1 Å². The summed E-state index contributed by atoms with van der Waals surface area (Å²) in [7, 11) is 0. The zero-order chi connectivity index (χ0) is 9.68. The highest BCUT2D eigenvalue weighted by Gasteiger charge is 2.05. The van der Waals surface area contributed by atoms with Crippen LogP contribution in [-0.2, 0) is 12.8 Å². The lowest BCUT2D eigenvalue weighted by Crippen LogP contribution is -2.24. The highest BCUT2D eigenvalue weighted by molar-refractivity contribution is 7.98. The Labute approximate surface area is 88.7 Å². The van der Waals surface area contributed by atoms with Gasteiger partial charge in [0.25, 0.3) is 0 Å². The van der Waals surface area contributed by atoms with Crippen molar-refractivity contribution in [3.8, 4) is 0 Å². The molecular weight excluding hydrogens is 198 g/mol. The first kappa shape index (κ1) is 11.1. The lowest BCUT2D eigenvalue weighted by molar-refractivity contribution is 0.758. The summed E-state index contributed by atoms with van der Waals surface area (Å²) in [5.41, 5.74) is 5.95. The van der Waals surface area contributed by atoms with Gasteiger partial charge in [-0.05, 0) is 31.2 Å². The normalized spacial score (nSPS) is 13.2. The Bertz CT molecular complexity index is 245. The number of aryl methyl sites for hydroxylation is 1.